The number of aromatic nitrogens is 3. The standard InChI is InChI=1S/C10H8N4/c11-6-7-3-4-14-9(5-7)12-10(13-14)8-1-2-8/h3-5,8H,1-2H2. The first-order chi connectivity index (χ1) is 6.86. The largest absolute Gasteiger partial charge is 0.221 e. The summed E-state index contributed by atoms with van der Waals surface area (Å²) in [5.74, 6) is 1.47. The molecular weight excluding hydrogens is 176 g/mol. The van der Waals surface area contributed by atoms with Gasteiger partial charge in [-0.3, -0.25) is 0 Å². The smallest absolute Gasteiger partial charge is 0.156 e. The number of nitrogens with zero attached hydrogens (tertiary/aromatic N) is 4. The number of rotatable bonds is 1. The van der Waals surface area contributed by atoms with Crippen molar-refractivity contribution in [3.8, 4) is 6.07 Å². The van der Waals surface area contributed by atoms with Gasteiger partial charge in [-0.15, -0.1) is 0 Å². The molecule has 2 aromatic rings. The van der Waals surface area contributed by atoms with E-state index in [9.17, 15) is 0 Å². The van der Waals surface area contributed by atoms with Crippen molar-refractivity contribution in [3.05, 3.63) is 29.7 Å². The van der Waals surface area contributed by atoms with Crippen molar-refractivity contribution in [1.82, 2.24) is 14.6 Å². The van der Waals surface area contributed by atoms with E-state index in [0.717, 1.165) is 11.5 Å². The Bertz CT molecular complexity index is 531. The zero-order chi connectivity index (χ0) is 9.54. The molecule has 1 fully saturated rings. The number of hydrogen-bond acceptors (Lipinski definition) is 3. The fourth-order valence-corrected chi connectivity index (χ4v) is 1.48. The van der Waals surface area contributed by atoms with E-state index in [0.29, 0.717) is 11.5 Å². The molecule has 0 N–H and O–H groups in total. The van der Waals surface area contributed by atoms with E-state index in [1.807, 2.05) is 0 Å². The van der Waals surface area contributed by atoms with Crippen LogP contribution < -0.4 is 0 Å². The Hall–Kier alpha value is -1.89. The summed E-state index contributed by atoms with van der Waals surface area (Å²) in [5.41, 5.74) is 1.40. The summed E-state index contributed by atoms with van der Waals surface area (Å²) < 4.78 is 1.73. The zero-order valence-electron chi connectivity index (χ0n) is 7.51. The molecule has 4 nitrogen and oxygen atoms in total. The van der Waals surface area contributed by atoms with Crippen LogP contribution in [0.15, 0.2) is 18.3 Å². The number of pyridine rings is 1. The third-order valence-corrected chi connectivity index (χ3v) is 2.43. The van der Waals surface area contributed by atoms with Gasteiger partial charge in [-0.1, -0.05) is 0 Å². The Morgan fingerprint density at radius 2 is 2.36 bits per heavy atom. The second-order valence-corrected chi connectivity index (χ2v) is 3.57. The van der Waals surface area contributed by atoms with Crippen LogP contribution in [0.2, 0.25) is 0 Å². The summed E-state index contributed by atoms with van der Waals surface area (Å²) >= 11 is 0. The minimum atomic E-state index is 0.556. The number of fused-ring (bicyclic) bond motifs is 1. The highest BCUT2D eigenvalue weighted by Crippen LogP contribution is 2.38. The average molecular weight is 184 g/mol. The van der Waals surface area contributed by atoms with Crippen LogP contribution in [0.5, 0.6) is 0 Å². The fourth-order valence-electron chi connectivity index (χ4n) is 1.48. The van der Waals surface area contributed by atoms with Crippen LogP contribution in [0.4, 0.5) is 0 Å². The topological polar surface area (TPSA) is 54.0 Å². The van der Waals surface area contributed by atoms with Crippen LogP contribution >= 0.6 is 0 Å². The lowest BCUT2D eigenvalue weighted by Crippen LogP contribution is -1.87. The Morgan fingerprint density at radius 1 is 1.50 bits per heavy atom. The third kappa shape index (κ3) is 1.06. The molecule has 2 aromatic heterocycles. The molecule has 0 atom stereocenters. The van der Waals surface area contributed by atoms with E-state index in [2.05, 4.69) is 16.2 Å². The molecule has 1 aliphatic rings. The molecule has 0 aromatic carbocycles. The van der Waals surface area contributed by atoms with Crippen LogP contribution in [0, 0.1) is 11.3 Å². The first-order valence-electron chi connectivity index (χ1n) is 4.63. The van der Waals surface area contributed by atoms with Crippen LogP contribution in [0.3, 0.4) is 0 Å². The Morgan fingerprint density at radius 3 is 3.07 bits per heavy atom. The molecule has 0 unspecified atom stereocenters. The van der Waals surface area contributed by atoms with Crippen LogP contribution in [0.25, 0.3) is 5.65 Å². The van der Waals surface area contributed by atoms with Gasteiger partial charge in [-0.2, -0.15) is 10.4 Å². The maximum absolute atomic E-state index is 8.72. The van der Waals surface area contributed by atoms with Crippen LogP contribution in [0.1, 0.15) is 30.1 Å². The minimum Gasteiger partial charge on any atom is -0.221 e. The summed E-state index contributed by atoms with van der Waals surface area (Å²) in [5, 5.41) is 13.1. The lowest BCUT2D eigenvalue weighted by molar-refractivity contribution is 0.878. The van der Waals surface area contributed by atoms with Gasteiger partial charge in [0.15, 0.2) is 11.5 Å². The first kappa shape index (κ1) is 7.51. The van der Waals surface area contributed by atoms with Gasteiger partial charge in [0.2, 0.25) is 0 Å². The van der Waals surface area contributed by atoms with Gasteiger partial charge in [0.25, 0.3) is 0 Å². The second kappa shape index (κ2) is 2.55. The zero-order valence-corrected chi connectivity index (χ0v) is 7.51. The molecule has 0 aliphatic heterocycles. The maximum atomic E-state index is 8.72. The number of hydrogen-bond donors (Lipinski definition) is 0. The predicted molar refractivity (Wildman–Crippen MR) is 49.7 cm³/mol. The molecule has 0 saturated heterocycles. The van der Waals surface area contributed by atoms with Gasteiger partial charge >= 0.3 is 0 Å². The highest BCUT2D eigenvalue weighted by molar-refractivity contribution is 5.45. The average Bonchev–Trinajstić information content (AvgIpc) is 2.97. The van der Waals surface area contributed by atoms with Crippen molar-refractivity contribution in [2.75, 3.05) is 0 Å². The van der Waals surface area contributed by atoms with Gasteiger partial charge < -0.3 is 0 Å². The molecule has 0 amide bonds. The van der Waals surface area contributed by atoms with Crippen molar-refractivity contribution >= 4 is 5.65 Å². The molecule has 68 valence electrons. The maximum Gasteiger partial charge on any atom is 0.156 e. The van der Waals surface area contributed by atoms with Gasteiger partial charge in [0, 0.05) is 18.2 Å². The van der Waals surface area contributed by atoms with E-state index in [1.165, 1.54) is 12.8 Å². The Kier molecular flexibility index (Phi) is 1.37. The minimum absolute atomic E-state index is 0.556. The van der Waals surface area contributed by atoms with E-state index >= 15 is 0 Å². The normalized spacial score (nSPS) is 15.6. The van der Waals surface area contributed by atoms with Crippen molar-refractivity contribution in [2.45, 2.75) is 18.8 Å². The summed E-state index contributed by atoms with van der Waals surface area (Å²) in [6.45, 7) is 0. The molecule has 4 heteroatoms. The van der Waals surface area contributed by atoms with Crippen molar-refractivity contribution in [1.29, 1.82) is 5.26 Å². The quantitative estimate of drug-likeness (QED) is 0.674. The molecule has 3 rings (SSSR count). The van der Waals surface area contributed by atoms with Gasteiger partial charge in [0.05, 0.1) is 11.6 Å². The summed E-state index contributed by atoms with van der Waals surface area (Å²) in [6, 6.07) is 5.60. The molecule has 0 bridgehead atoms. The number of nitriles is 1. The van der Waals surface area contributed by atoms with Gasteiger partial charge in [-0.25, -0.2) is 9.50 Å². The summed E-state index contributed by atoms with van der Waals surface area (Å²) in [6.07, 6.45) is 4.18. The van der Waals surface area contributed by atoms with E-state index in [4.69, 9.17) is 5.26 Å². The summed E-state index contributed by atoms with van der Waals surface area (Å²) in [7, 11) is 0. The van der Waals surface area contributed by atoms with Crippen molar-refractivity contribution in [3.63, 3.8) is 0 Å². The van der Waals surface area contributed by atoms with E-state index in [1.54, 1.807) is 22.8 Å². The molecule has 1 saturated carbocycles. The van der Waals surface area contributed by atoms with Gasteiger partial charge in [0.1, 0.15) is 0 Å². The van der Waals surface area contributed by atoms with Crippen LogP contribution in [-0.4, -0.2) is 14.6 Å². The molecule has 1 aliphatic carbocycles. The summed E-state index contributed by atoms with van der Waals surface area (Å²) in [4.78, 5) is 4.38. The monoisotopic (exact) mass is 184 g/mol. The SMILES string of the molecule is N#Cc1ccn2nc(C3CC3)nc2c1. The molecule has 2 heterocycles. The molecular formula is C10H8N4. The van der Waals surface area contributed by atoms with Gasteiger partial charge in [-0.05, 0) is 18.9 Å². The predicted octanol–water partition coefficient (Wildman–Crippen LogP) is 1.48. The highest BCUT2D eigenvalue weighted by atomic mass is 15.3. The molecule has 14 heavy (non-hydrogen) atoms. The molecule has 0 spiro atoms. The van der Waals surface area contributed by atoms with Crippen molar-refractivity contribution in [2.24, 2.45) is 0 Å². The molecule has 0 radical (unpaired) electrons. The lowest BCUT2D eigenvalue weighted by Gasteiger charge is -1.89. The fraction of sp³-hybridized carbons (Fsp3) is 0.300. The van der Waals surface area contributed by atoms with E-state index < -0.39 is 0 Å². The third-order valence-electron chi connectivity index (χ3n) is 2.43. The van der Waals surface area contributed by atoms with E-state index in [-0.39, 0.29) is 0 Å². The van der Waals surface area contributed by atoms with Crippen molar-refractivity contribution < 1.29 is 0 Å². The Balaban J connectivity index is 2.18. The van der Waals surface area contributed by atoms with Crippen LogP contribution in [-0.2, 0) is 0 Å². The second-order valence-electron chi connectivity index (χ2n) is 3.57. The lowest BCUT2D eigenvalue weighted by atomic mass is 10.3. The first-order valence-corrected chi connectivity index (χ1v) is 4.63. The highest BCUT2D eigenvalue weighted by Gasteiger charge is 2.27. The Labute approximate surface area is 80.8 Å².